The Morgan fingerprint density at radius 2 is 1.77 bits per heavy atom. The SMILES string of the molecule is CCCC(C(=O)O)C(O)(CC)CC. The quantitative estimate of drug-likeness (QED) is 0.670. The summed E-state index contributed by atoms with van der Waals surface area (Å²) in [7, 11) is 0. The summed E-state index contributed by atoms with van der Waals surface area (Å²) < 4.78 is 0. The summed E-state index contributed by atoms with van der Waals surface area (Å²) in [6.45, 7) is 5.59. The highest BCUT2D eigenvalue weighted by atomic mass is 16.4. The molecule has 0 saturated carbocycles. The van der Waals surface area contributed by atoms with Crippen LogP contribution in [0.25, 0.3) is 0 Å². The van der Waals surface area contributed by atoms with Gasteiger partial charge in [-0.25, -0.2) is 0 Å². The first-order valence-corrected chi connectivity index (χ1v) is 4.97. The fourth-order valence-electron chi connectivity index (χ4n) is 1.65. The zero-order valence-electron chi connectivity index (χ0n) is 8.71. The summed E-state index contributed by atoms with van der Waals surface area (Å²) in [6.07, 6.45) is 2.34. The minimum absolute atomic E-state index is 0.500. The maximum absolute atomic E-state index is 10.9. The van der Waals surface area contributed by atoms with Crippen molar-refractivity contribution >= 4 is 5.97 Å². The molecule has 0 aliphatic rings. The topological polar surface area (TPSA) is 57.5 Å². The van der Waals surface area contributed by atoms with Gasteiger partial charge in [0.25, 0.3) is 0 Å². The highest BCUT2D eigenvalue weighted by molar-refractivity contribution is 5.71. The maximum Gasteiger partial charge on any atom is 0.309 e. The van der Waals surface area contributed by atoms with E-state index in [1.807, 2.05) is 20.8 Å². The molecule has 0 aliphatic heterocycles. The number of aliphatic carboxylic acids is 1. The monoisotopic (exact) mass is 188 g/mol. The van der Waals surface area contributed by atoms with Crippen molar-refractivity contribution in [3.05, 3.63) is 0 Å². The van der Waals surface area contributed by atoms with Crippen molar-refractivity contribution in [2.24, 2.45) is 5.92 Å². The number of carbonyl (C=O) groups is 1. The Bertz CT molecular complexity index is 162. The normalized spacial score (nSPS) is 14.2. The third kappa shape index (κ3) is 2.99. The van der Waals surface area contributed by atoms with Gasteiger partial charge in [-0.2, -0.15) is 0 Å². The first kappa shape index (κ1) is 12.4. The molecule has 0 heterocycles. The van der Waals surface area contributed by atoms with E-state index in [4.69, 9.17) is 5.11 Å². The molecule has 0 aromatic rings. The Balaban J connectivity index is 4.58. The lowest BCUT2D eigenvalue weighted by atomic mass is 9.80. The molecular formula is C10H20O3. The van der Waals surface area contributed by atoms with Gasteiger partial charge in [-0.15, -0.1) is 0 Å². The minimum Gasteiger partial charge on any atom is -0.481 e. The van der Waals surface area contributed by atoms with E-state index in [0.29, 0.717) is 19.3 Å². The molecule has 0 spiro atoms. The van der Waals surface area contributed by atoms with Gasteiger partial charge in [0, 0.05) is 0 Å². The molecule has 1 unspecified atom stereocenters. The second-order valence-electron chi connectivity index (χ2n) is 3.49. The van der Waals surface area contributed by atoms with Crippen molar-refractivity contribution < 1.29 is 15.0 Å². The zero-order valence-corrected chi connectivity index (χ0v) is 8.71. The fraction of sp³-hybridized carbons (Fsp3) is 0.900. The predicted octanol–water partition coefficient (Wildman–Crippen LogP) is 2.04. The van der Waals surface area contributed by atoms with Crippen LogP contribution in [0, 0.1) is 5.92 Å². The Hall–Kier alpha value is -0.570. The van der Waals surface area contributed by atoms with E-state index < -0.39 is 17.5 Å². The molecule has 2 N–H and O–H groups in total. The largest absolute Gasteiger partial charge is 0.481 e. The van der Waals surface area contributed by atoms with Crippen molar-refractivity contribution in [3.63, 3.8) is 0 Å². The van der Waals surface area contributed by atoms with Crippen LogP contribution >= 0.6 is 0 Å². The van der Waals surface area contributed by atoms with E-state index >= 15 is 0 Å². The Kier molecular flexibility index (Phi) is 4.99. The minimum atomic E-state index is -1.03. The highest BCUT2D eigenvalue weighted by Crippen LogP contribution is 2.29. The van der Waals surface area contributed by atoms with Crippen LogP contribution in [-0.4, -0.2) is 21.8 Å². The third-order valence-electron chi connectivity index (χ3n) is 2.75. The molecule has 0 amide bonds. The van der Waals surface area contributed by atoms with Crippen LogP contribution in [0.5, 0.6) is 0 Å². The standard InChI is InChI=1S/C10H20O3/c1-4-7-8(9(11)12)10(13,5-2)6-3/h8,13H,4-7H2,1-3H3,(H,11,12). The van der Waals surface area contributed by atoms with Crippen molar-refractivity contribution in [1.29, 1.82) is 0 Å². The molecule has 0 aliphatic carbocycles. The molecule has 0 saturated heterocycles. The van der Waals surface area contributed by atoms with Crippen LogP contribution < -0.4 is 0 Å². The van der Waals surface area contributed by atoms with Gasteiger partial charge in [-0.1, -0.05) is 27.2 Å². The van der Waals surface area contributed by atoms with E-state index in [2.05, 4.69) is 0 Å². The molecule has 0 rings (SSSR count). The molecule has 0 fully saturated rings. The van der Waals surface area contributed by atoms with Crippen molar-refractivity contribution in [3.8, 4) is 0 Å². The lowest BCUT2D eigenvalue weighted by molar-refractivity contribution is -0.153. The Morgan fingerprint density at radius 1 is 1.31 bits per heavy atom. The number of carboxylic acid groups (broad SMARTS) is 1. The van der Waals surface area contributed by atoms with Gasteiger partial charge in [0.2, 0.25) is 0 Å². The molecule has 0 aromatic carbocycles. The van der Waals surface area contributed by atoms with Crippen LogP contribution in [0.15, 0.2) is 0 Å². The van der Waals surface area contributed by atoms with Crippen molar-refractivity contribution in [1.82, 2.24) is 0 Å². The summed E-state index contributed by atoms with van der Waals surface area (Å²) in [5.41, 5.74) is -1.03. The molecule has 0 bridgehead atoms. The second kappa shape index (κ2) is 5.22. The first-order valence-electron chi connectivity index (χ1n) is 4.97. The lowest BCUT2D eigenvalue weighted by Gasteiger charge is -2.31. The molecule has 13 heavy (non-hydrogen) atoms. The van der Waals surface area contributed by atoms with E-state index in [9.17, 15) is 9.90 Å². The van der Waals surface area contributed by atoms with Gasteiger partial charge in [0.05, 0.1) is 11.5 Å². The summed E-state index contributed by atoms with van der Waals surface area (Å²) in [5, 5.41) is 19.0. The number of aliphatic hydroxyl groups is 1. The number of hydrogen-bond donors (Lipinski definition) is 2. The maximum atomic E-state index is 10.9. The van der Waals surface area contributed by atoms with Crippen LogP contribution in [0.1, 0.15) is 46.5 Å². The highest BCUT2D eigenvalue weighted by Gasteiger charge is 2.37. The number of hydrogen-bond acceptors (Lipinski definition) is 2. The van der Waals surface area contributed by atoms with Crippen LogP contribution in [0.2, 0.25) is 0 Å². The van der Waals surface area contributed by atoms with E-state index in [1.165, 1.54) is 0 Å². The van der Waals surface area contributed by atoms with E-state index in [-0.39, 0.29) is 0 Å². The molecule has 1 atom stereocenters. The summed E-state index contributed by atoms with van der Waals surface area (Å²) in [4.78, 5) is 10.9. The van der Waals surface area contributed by atoms with Crippen LogP contribution in [0.4, 0.5) is 0 Å². The van der Waals surface area contributed by atoms with Gasteiger partial charge < -0.3 is 10.2 Å². The Labute approximate surface area is 79.8 Å². The average Bonchev–Trinajstić information content (AvgIpc) is 2.12. The van der Waals surface area contributed by atoms with Crippen LogP contribution in [0.3, 0.4) is 0 Å². The molecule has 3 heteroatoms. The number of rotatable bonds is 6. The average molecular weight is 188 g/mol. The molecular weight excluding hydrogens is 168 g/mol. The second-order valence-corrected chi connectivity index (χ2v) is 3.49. The van der Waals surface area contributed by atoms with Gasteiger partial charge in [0.15, 0.2) is 0 Å². The summed E-state index contributed by atoms with van der Waals surface area (Å²) in [6, 6.07) is 0. The third-order valence-corrected chi connectivity index (χ3v) is 2.75. The van der Waals surface area contributed by atoms with Crippen molar-refractivity contribution in [2.45, 2.75) is 52.1 Å². The number of carboxylic acids is 1. The molecule has 0 radical (unpaired) electrons. The van der Waals surface area contributed by atoms with Gasteiger partial charge in [-0.05, 0) is 19.3 Å². The zero-order chi connectivity index (χ0) is 10.5. The van der Waals surface area contributed by atoms with Gasteiger partial charge >= 0.3 is 5.97 Å². The van der Waals surface area contributed by atoms with E-state index in [0.717, 1.165) is 6.42 Å². The summed E-state index contributed by atoms with van der Waals surface area (Å²) >= 11 is 0. The van der Waals surface area contributed by atoms with E-state index in [1.54, 1.807) is 0 Å². The van der Waals surface area contributed by atoms with Crippen LogP contribution in [-0.2, 0) is 4.79 Å². The summed E-state index contributed by atoms with van der Waals surface area (Å²) in [5.74, 6) is -1.50. The fourth-order valence-corrected chi connectivity index (χ4v) is 1.65. The first-order chi connectivity index (χ1) is 6.01. The van der Waals surface area contributed by atoms with Gasteiger partial charge in [-0.3, -0.25) is 4.79 Å². The predicted molar refractivity (Wildman–Crippen MR) is 51.6 cm³/mol. The van der Waals surface area contributed by atoms with Gasteiger partial charge in [0.1, 0.15) is 0 Å². The lowest BCUT2D eigenvalue weighted by Crippen LogP contribution is -2.41. The molecule has 3 nitrogen and oxygen atoms in total. The molecule has 0 aromatic heterocycles. The van der Waals surface area contributed by atoms with Crippen molar-refractivity contribution in [2.75, 3.05) is 0 Å². The Morgan fingerprint density at radius 3 is 2.00 bits per heavy atom. The molecule has 78 valence electrons. The smallest absolute Gasteiger partial charge is 0.309 e.